The predicted molar refractivity (Wildman–Crippen MR) is 28.5 cm³/mol. The van der Waals surface area contributed by atoms with Crippen LogP contribution >= 0.6 is 11.6 Å². The predicted octanol–water partition coefficient (Wildman–Crippen LogP) is 0.458. The van der Waals surface area contributed by atoms with Gasteiger partial charge in [0, 0.05) is 0 Å². The average Bonchev–Trinajstić information content (AvgIpc) is 2.13. The SMILES string of the molecule is O=C(O)n1ncnc1Cl. The minimum absolute atomic E-state index is 0.150. The fraction of sp³-hybridized carbons (Fsp3) is 0. The van der Waals surface area contributed by atoms with Crippen LogP contribution in [0, 0.1) is 0 Å². The maximum Gasteiger partial charge on any atom is 0.435 e. The Hall–Kier alpha value is -1.10. The summed E-state index contributed by atoms with van der Waals surface area (Å²) in [5.74, 6) is 0. The Kier molecular flexibility index (Phi) is 1.35. The molecular formula is C3H2ClN3O2. The van der Waals surface area contributed by atoms with Crippen LogP contribution in [-0.2, 0) is 0 Å². The van der Waals surface area contributed by atoms with Crippen molar-refractivity contribution in [2.24, 2.45) is 0 Å². The molecule has 0 atom stereocenters. The molecule has 0 spiro atoms. The highest BCUT2D eigenvalue weighted by atomic mass is 35.5. The molecule has 0 amide bonds. The van der Waals surface area contributed by atoms with Gasteiger partial charge in [-0.05, 0) is 11.6 Å². The third-order valence-electron chi connectivity index (χ3n) is 0.687. The zero-order chi connectivity index (χ0) is 6.85. The lowest BCUT2D eigenvalue weighted by atomic mass is 11.1. The zero-order valence-electron chi connectivity index (χ0n) is 4.15. The first-order valence-electron chi connectivity index (χ1n) is 2.00. The van der Waals surface area contributed by atoms with Crippen LogP contribution in [0.15, 0.2) is 6.33 Å². The summed E-state index contributed by atoms with van der Waals surface area (Å²) in [6.07, 6.45) is -0.173. The highest BCUT2D eigenvalue weighted by Crippen LogP contribution is 1.99. The van der Waals surface area contributed by atoms with Gasteiger partial charge in [0.05, 0.1) is 0 Å². The normalized spacial score (nSPS) is 9.44. The standard InChI is InChI=1S/C3H2ClN3O2/c4-2-5-1-6-7(2)3(8)9/h1H,(H,8,9). The van der Waals surface area contributed by atoms with Crippen molar-refractivity contribution in [1.82, 2.24) is 14.8 Å². The minimum atomic E-state index is -1.24. The number of carboxylic acid groups (broad SMARTS) is 1. The minimum Gasteiger partial charge on any atom is -0.463 e. The van der Waals surface area contributed by atoms with Crippen molar-refractivity contribution in [2.75, 3.05) is 0 Å². The average molecular weight is 148 g/mol. The van der Waals surface area contributed by atoms with E-state index in [0.29, 0.717) is 4.68 Å². The molecule has 0 aliphatic rings. The number of carbonyl (C=O) groups is 1. The van der Waals surface area contributed by atoms with Gasteiger partial charge >= 0.3 is 6.09 Å². The lowest BCUT2D eigenvalue weighted by molar-refractivity contribution is 0.192. The van der Waals surface area contributed by atoms with Gasteiger partial charge in [0.25, 0.3) is 0 Å². The highest BCUT2D eigenvalue weighted by molar-refractivity contribution is 6.29. The maximum atomic E-state index is 10.1. The van der Waals surface area contributed by atoms with Crippen molar-refractivity contribution in [3.63, 3.8) is 0 Å². The van der Waals surface area contributed by atoms with Gasteiger partial charge in [-0.3, -0.25) is 0 Å². The smallest absolute Gasteiger partial charge is 0.435 e. The third kappa shape index (κ3) is 0.996. The molecule has 48 valence electrons. The number of aromatic nitrogens is 3. The van der Waals surface area contributed by atoms with Gasteiger partial charge < -0.3 is 5.11 Å². The molecule has 1 aromatic rings. The van der Waals surface area contributed by atoms with E-state index in [1.54, 1.807) is 0 Å². The molecule has 0 saturated carbocycles. The molecule has 9 heavy (non-hydrogen) atoms. The lowest BCUT2D eigenvalue weighted by Crippen LogP contribution is -2.09. The lowest BCUT2D eigenvalue weighted by Gasteiger charge is -1.87. The van der Waals surface area contributed by atoms with Gasteiger partial charge in [0.15, 0.2) is 0 Å². The molecule has 6 heteroatoms. The van der Waals surface area contributed by atoms with Crippen LogP contribution in [0.4, 0.5) is 4.79 Å². The van der Waals surface area contributed by atoms with Gasteiger partial charge in [-0.2, -0.15) is 0 Å². The molecule has 0 fully saturated rings. The van der Waals surface area contributed by atoms with Crippen LogP contribution in [-0.4, -0.2) is 26.0 Å². The molecule has 0 aliphatic carbocycles. The molecule has 0 bridgehead atoms. The molecule has 1 rings (SSSR count). The van der Waals surface area contributed by atoms with Gasteiger partial charge in [-0.15, -0.1) is 9.78 Å². The summed E-state index contributed by atoms with van der Waals surface area (Å²) in [6.45, 7) is 0. The van der Waals surface area contributed by atoms with Crippen LogP contribution in [0.5, 0.6) is 0 Å². The van der Waals surface area contributed by atoms with Crippen molar-refractivity contribution in [3.05, 3.63) is 11.6 Å². The number of hydrogen-bond donors (Lipinski definition) is 1. The molecule has 1 heterocycles. The summed E-state index contributed by atoms with van der Waals surface area (Å²) in [5.41, 5.74) is 0. The Morgan fingerprint density at radius 1 is 1.89 bits per heavy atom. The summed E-state index contributed by atoms with van der Waals surface area (Å²) in [6, 6.07) is 0. The third-order valence-corrected chi connectivity index (χ3v) is 0.945. The Balaban J connectivity index is 3.08. The fourth-order valence-corrected chi connectivity index (χ4v) is 0.515. The fourth-order valence-electron chi connectivity index (χ4n) is 0.356. The summed E-state index contributed by atoms with van der Waals surface area (Å²) >= 11 is 5.24. The van der Waals surface area contributed by atoms with Crippen LogP contribution in [0.1, 0.15) is 0 Å². The second kappa shape index (κ2) is 2.02. The first kappa shape index (κ1) is 6.03. The largest absolute Gasteiger partial charge is 0.463 e. The highest BCUT2D eigenvalue weighted by Gasteiger charge is 2.05. The molecular weight excluding hydrogens is 146 g/mol. The molecule has 0 radical (unpaired) electrons. The van der Waals surface area contributed by atoms with E-state index in [2.05, 4.69) is 10.1 Å². The van der Waals surface area contributed by atoms with Crippen LogP contribution < -0.4 is 0 Å². The summed E-state index contributed by atoms with van der Waals surface area (Å²) in [4.78, 5) is 13.4. The second-order valence-electron chi connectivity index (χ2n) is 1.22. The Bertz CT molecular complexity index is 233. The van der Waals surface area contributed by atoms with E-state index in [9.17, 15) is 4.79 Å². The topological polar surface area (TPSA) is 68.0 Å². The summed E-state index contributed by atoms with van der Waals surface area (Å²) in [7, 11) is 0. The Morgan fingerprint density at radius 2 is 2.56 bits per heavy atom. The van der Waals surface area contributed by atoms with Crippen LogP contribution in [0.2, 0.25) is 5.28 Å². The van der Waals surface area contributed by atoms with Gasteiger partial charge in [-0.1, -0.05) is 0 Å². The van der Waals surface area contributed by atoms with Crippen molar-refractivity contribution in [3.8, 4) is 0 Å². The zero-order valence-corrected chi connectivity index (χ0v) is 4.91. The van der Waals surface area contributed by atoms with E-state index in [1.807, 2.05) is 0 Å². The van der Waals surface area contributed by atoms with E-state index in [4.69, 9.17) is 16.7 Å². The number of halogens is 1. The van der Waals surface area contributed by atoms with E-state index in [1.165, 1.54) is 0 Å². The Morgan fingerprint density at radius 3 is 2.78 bits per heavy atom. The van der Waals surface area contributed by atoms with Crippen molar-refractivity contribution < 1.29 is 9.90 Å². The number of nitrogens with zero attached hydrogens (tertiary/aromatic N) is 3. The molecule has 1 N–H and O–H groups in total. The first-order chi connectivity index (χ1) is 4.22. The number of hydrogen-bond acceptors (Lipinski definition) is 3. The quantitative estimate of drug-likeness (QED) is 0.579. The molecule has 0 saturated heterocycles. The van der Waals surface area contributed by atoms with Gasteiger partial charge in [0.2, 0.25) is 5.28 Å². The van der Waals surface area contributed by atoms with Crippen molar-refractivity contribution in [2.45, 2.75) is 0 Å². The second-order valence-corrected chi connectivity index (χ2v) is 1.56. The molecule has 5 nitrogen and oxygen atoms in total. The van der Waals surface area contributed by atoms with Crippen molar-refractivity contribution in [1.29, 1.82) is 0 Å². The first-order valence-corrected chi connectivity index (χ1v) is 2.38. The van der Waals surface area contributed by atoms with Crippen LogP contribution in [0.25, 0.3) is 0 Å². The summed E-state index contributed by atoms with van der Waals surface area (Å²) < 4.78 is 0.571. The summed E-state index contributed by atoms with van der Waals surface area (Å²) in [5, 5.41) is 11.4. The van der Waals surface area contributed by atoms with E-state index in [-0.39, 0.29) is 5.28 Å². The van der Waals surface area contributed by atoms with Crippen molar-refractivity contribution >= 4 is 17.7 Å². The van der Waals surface area contributed by atoms with E-state index < -0.39 is 6.09 Å². The molecule has 1 aromatic heterocycles. The van der Waals surface area contributed by atoms with E-state index in [0.717, 1.165) is 6.33 Å². The molecule has 0 unspecified atom stereocenters. The Labute approximate surface area is 54.9 Å². The van der Waals surface area contributed by atoms with Gasteiger partial charge in [-0.25, -0.2) is 9.78 Å². The monoisotopic (exact) mass is 147 g/mol. The molecule has 0 aromatic carbocycles. The van der Waals surface area contributed by atoms with Gasteiger partial charge in [0.1, 0.15) is 6.33 Å². The van der Waals surface area contributed by atoms with E-state index >= 15 is 0 Å². The maximum absolute atomic E-state index is 10.1. The molecule has 0 aliphatic heterocycles. The van der Waals surface area contributed by atoms with Crippen LogP contribution in [0.3, 0.4) is 0 Å². The number of rotatable bonds is 0.